The maximum atomic E-state index is 12.7. The average molecular weight is 474 g/mol. The van der Waals surface area contributed by atoms with E-state index in [9.17, 15) is 4.79 Å². The minimum atomic E-state index is -0.431. The summed E-state index contributed by atoms with van der Waals surface area (Å²) in [4.78, 5) is 16.8. The number of rotatable bonds is 4. The molecule has 1 N–H and O–H groups in total. The second-order valence-electron chi connectivity index (χ2n) is 6.80. The van der Waals surface area contributed by atoms with Gasteiger partial charge in [0, 0.05) is 17.1 Å². The van der Waals surface area contributed by atoms with Crippen LogP contribution in [0.2, 0.25) is 5.02 Å². The number of hydrazone groups is 1. The van der Waals surface area contributed by atoms with Crippen molar-refractivity contribution >= 4 is 62.5 Å². The molecule has 3 heterocycles. The van der Waals surface area contributed by atoms with Gasteiger partial charge in [0.25, 0.3) is 5.91 Å². The number of ether oxygens (including phenoxy) is 1. The standard InChI is InChI=1S/C21H20ClN5O2S2/c1-5-30-21-25-27-18(23)15(19(28)24-20(27)31-21)9-13-8-11(2)26(12(13)3)14-6-7-17(29-4)16(22)10-14/h6-10,23H,5H2,1-4H3/b15-9-,23-18?. The highest BCUT2D eigenvalue weighted by Gasteiger charge is 2.35. The van der Waals surface area contributed by atoms with Crippen LogP contribution < -0.4 is 4.74 Å². The van der Waals surface area contributed by atoms with Crippen LogP contribution >= 0.6 is 35.1 Å². The molecule has 0 fully saturated rings. The van der Waals surface area contributed by atoms with Gasteiger partial charge in [0.15, 0.2) is 10.2 Å². The van der Waals surface area contributed by atoms with Gasteiger partial charge in [0.1, 0.15) is 5.75 Å². The Balaban J connectivity index is 1.72. The third-order valence-electron chi connectivity index (χ3n) is 4.87. The highest BCUT2D eigenvalue weighted by molar-refractivity contribution is 8.45. The highest BCUT2D eigenvalue weighted by Crippen LogP contribution is 2.33. The van der Waals surface area contributed by atoms with E-state index in [0.29, 0.717) is 15.9 Å². The summed E-state index contributed by atoms with van der Waals surface area (Å²) in [6.45, 7) is 5.97. The third-order valence-corrected chi connectivity index (χ3v) is 7.09. The Morgan fingerprint density at radius 2 is 2.10 bits per heavy atom. The summed E-state index contributed by atoms with van der Waals surface area (Å²) in [7, 11) is 1.58. The van der Waals surface area contributed by atoms with Gasteiger partial charge in [0.05, 0.1) is 17.7 Å². The number of nitrogens with zero attached hydrogens (tertiary/aromatic N) is 4. The van der Waals surface area contributed by atoms with E-state index in [0.717, 1.165) is 32.8 Å². The van der Waals surface area contributed by atoms with Crippen molar-refractivity contribution in [3.05, 3.63) is 51.8 Å². The first-order valence-corrected chi connectivity index (χ1v) is 11.7. The number of benzene rings is 1. The van der Waals surface area contributed by atoms with Gasteiger partial charge in [-0.15, -0.1) is 5.10 Å². The number of amidine groups is 2. The highest BCUT2D eigenvalue weighted by atomic mass is 35.5. The molecular formula is C21H20ClN5O2S2. The molecule has 4 rings (SSSR count). The molecule has 2 aliphatic heterocycles. The van der Waals surface area contributed by atoms with Crippen LogP contribution in [0.1, 0.15) is 23.9 Å². The van der Waals surface area contributed by atoms with E-state index in [1.54, 1.807) is 24.9 Å². The lowest BCUT2D eigenvalue weighted by atomic mass is 10.1. The fourth-order valence-corrected chi connectivity index (χ4v) is 5.51. The molecule has 0 saturated heterocycles. The summed E-state index contributed by atoms with van der Waals surface area (Å²) in [5.74, 6) is 1.07. The molecule has 2 aliphatic rings. The predicted octanol–water partition coefficient (Wildman–Crippen LogP) is 5.09. The summed E-state index contributed by atoms with van der Waals surface area (Å²) in [5.41, 5.74) is 3.82. The minimum absolute atomic E-state index is 0.0338. The topological polar surface area (TPSA) is 83.0 Å². The third kappa shape index (κ3) is 3.93. The van der Waals surface area contributed by atoms with Crippen LogP contribution in [-0.2, 0) is 4.79 Å². The zero-order chi connectivity index (χ0) is 22.3. The first-order valence-electron chi connectivity index (χ1n) is 9.50. The molecular weight excluding hydrogens is 454 g/mol. The van der Waals surface area contributed by atoms with Crippen molar-refractivity contribution in [3.8, 4) is 11.4 Å². The van der Waals surface area contributed by atoms with Gasteiger partial charge in [-0.1, -0.05) is 30.3 Å². The zero-order valence-electron chi connectivity index (χ0n) is 17.4. The number of methoxy groups -OCH3 is 1. The van der Waals surface area contributed by atoms with Crippen molar-refractivity contribution in [1.29, 1.82) is 5.41 Å². The van der Waals surface area contributed by atoms with E-state index in [1.807, 2.05) is 49.6 Å². The monoisotopic (exact) mass is 473 g/mol. The lowest BCUT2D eigenvalue weighted by Crippen LogP contribution is -2.35. The number of aliphatic imine (C=N–C) groups is 1. The maximum Gasteiger partial charge on any atom is 0.283 e. The number of hydrogen-bond acceptors (Lipinski definition) is 6. The van der Waals surface area contributed by atoms with Gasteiger partial charge in [-0.25, -0.2) is 0 Å². The quantitative estimate of drug-likeness (QED) is 0.625. The minimum Gasteiger partial charge on any atom is -0.495 e. The van der Waals surface area contributed by atoms with Crippen molar-refractivity contribution in [2.24, 2.45) is 10.1 Å². The molecule has 0 aliphatic carbocycles. The van der Waals surface area contributed by atoms with Crippen molar-refractivity contribution < 1.29 is 9.53 Å². The van der Waals surface area contributed by atoms with Gasteiger partial charge in [-0.2, -0.15) is 10.0 Å². The van der Waals surface area contributed by atoms with Crippen molar-refractivity contribution in [3.63, 3.8) is 0 Å². The van der Waals surface area contributed by atoms with E-state index in [2.05, 4.69) is 10.1 Å². The lowest BCUT2D eigenvalue weighted by molar-refractivity contribution is -0.114. The Morgan fingerprint density at radius 3 is 2.77 bits per heavy atom. The Morgan fingerprint density at radius 1 is 1.32 bits per heavy atom. The lowest BCUT2D eigenvalue weighted by Gasteiger charge is -2.20. The summed E-state index contributed by atoms with van der Waals surface area (Å²) in [6, 6.07) is 7.56. The van der Waals surface area contributed by atoms with Crippen LogP contribution in [-0.4, -0.2) is 43.7 Å². The smallest absolute Gasteiger partial charge is 0.283 e. The summed E-state index contributed by atoms with van der Waals surface area (Å²) < 4.78 is 8.07. The van der Waals surface area contributed by atoms with E-state index in [4.69, 9.17) is 21.7 Å². The number of amides is 1. The molecule has 10 heteroatoms. The predicted molar refractivity (Wildman–Crippen MR) is 130 cm³/mol. The first-order chi connectivity index (χ1) is 14.8. The largest absolute Gasteiger partial charge is 0.495 e. The van der Waals surface area contributed by atoms with Gasteiger partial charge in [0.2, 0.25) is 5.17 Å². The number of carbonyl (C=O) groups excluding carboxylic acids is 1. The number of nitrogens with one attached hydrogen (secondary N) is 1. The molecule has 0 unspecified atom stereocenters. The zero-order valence-corrected chi connectivity index (χ0v) is 19.8. The molecule has 31 heavy (non-hydrogen) atoms. The summed E-state index contributed by atoms with van der Waals surface area (Å²) >= 11 is 9.19. The number of aryl methyl sites for hydroxylation is 1. The van der Waals surface area contributed by atoms with Gasteiger partial charge in [-0.3, -0.25) is 10.2 Å². The van der Waals surface area contributed by atoms with Crippen LogP contribution in [0.3, 0.4) is 0 Å². The number of fused-ring (bicyclic) bond motifs is 1. The van der Waals surface area contributed by atoms with E-state index in [-0.39, 0.29) is 11.4 Å². The molecule has 0 radical (unpaired) electrons. The number of aromatic nitrogens is 1. The fraction of sp³-hybridized carbons (Fsp3) is 0.238. The second kappa shape index (κ2) is 8.57. The van der Waals surface area contributed by atoms with Crippen molar-refractivity contribution in [2.75, 3.05) is 12.9 Å². The van der Waals surface area contributed by atoms with Gasteiger partial charge >= 0.3 is 0 Å². The second-order valence-corrected chi connectivity index (χ2v) is 9.67. The molecule has 0 bridgehead atoms. The Bertz CT molecular complexity index is 1200. The van der Waals surface area contributed by atoms with Gasteiger partial charge < -0.3 is 9.30 Å². The Hall–Kier alpha value is -2.49. The number of halogens is 1. The van der Waals surface area contributed by atoms with E-state index in [1.165, 1.54) is 16.8 Å². The SMILES string of the molecule is CCSC1=NN2C(=N)/C(=C/c3cc(C)n(-c4ccc(OC)c(Cl)c4)c3C)C(=O)N=C2S1. The van der Waals surface area contributed by atoms with Crippen LogP contribution in [0.5, 0.6) is 5.75 Å². The number of thioether (sulfide) groups is 2. The summed E-state index contributed by atoms with van der Waals surface area (Å²) in [6.07, 6.45) is 1.71. The molecule has 1 aromatic carbocycles. The van der Waals surface area contributed by atoms with Crippen LogP contribution in [0.15, 0.2) is 39.9 Å². The Labute approximate surface area is 193 Å². The van der Waals surface area contributed by atoms with Crippen molar-refractivity contribution in [1.82, 2.24) is 9.58 Å². The van der Waals surface area contributed by atoms with E-state index >= 15 is 0 Å². The van der Waals surface area contributed by atoms with Crippen LogP contribution in [0, 0.1) is 19.3 Å². The molecule has 0 atom stereocenters. The van der Waals surface area contributed by atoms with E-state index < -0.39 is 5.91 Å². The molecule has 160 valence electrons. The number of hydrogen-bond donors (Lipinski definition) is 1. The summed E-state index contributed by atoms with van der Waals surface area (Å²) in [5, 5.41) is 15.3. The van der Waals surface area contributed by atoms with Crippen molar-refractivity contribution in [2.45, 2.75) is 20.8 Å². The Kier molecular flexibility index (Phi) is 6.00. The average Bonchev–Trinajstić information content (AvgIpc) is 3.25. The first kappa shape index (κ1) is 21.7. The molecule has 2 aromatic rings. The van der Waals surface area contributed by atoms with Crippen LogP contribution in [0.4, 0.5) is 0 Å². The maximum absolute atomic E-state index is 12.7. The molecule has 0 saturated carbocycles. The van der Waals surface area contributed by atoms with Crippen LogP contribution in [0.25, 0.3) is 11.8 Å². The normalized spacial score (nSPS) is 17.2. The molecule has 1 amide bonds. The molecule has 1 aromatic heterocycles. The number of carbonyl (C=O) groups is 1. The van der Waals surface area contributed by atoms with Gasteiger partial charge in [-0.05, 0) is 67.3 Å². The molecule has 7 nitrogen and oxygen atoms in total. The fourth-order valence-electron chi connectivity index (χ4n) is 3.44. The molecule has 0 spiro atoms.